The van der Waals surface area contributed by atoms with E-state index in [0.717, 1.165) is 0 Å². The molecule has 0 aliphatic heterocycles. The van der Waals surface area contributed by atoms with Gasteiger partial charge in [-0.1, -0.05) is 91.0 Å². The molecule has 1 atom stereocenters. The fourth-order valence-corrected chi connectivity index (χ4v) is 2.87. The molecule has 0 fully saturated rings. The number of benzene rings is 3. The predicted molar refractivity (Wildman–Crippen MR) is 89.3 cm³/mol. The molecule has 0 saturated heterocycles. The standard InChI is InChI=1S/C21H19/c1-17(18-11-5-2-6-12-18)21(19-13-7-3-8-14-19)20-15-9-4-10-16-20/h2-17,21H,1H2. The molecule has 0 amide bonds. The molecule has 0 saturated carbocycles. The maximum absolute atomic E-state index is 4.46. The van der Waals surface area contributed by atoms with Crippen LogP contribution in [0.4, 0.5) is 0 Å². The lowest BCUT2D eigenvalue weighted by Crippen LogP contribution is -2.10. The van der Waals surface area contributed by atoms with Gasteiger partial charge in [-0.25, -0.2) is 0 Å². The molecule has 3 aromatic rings. The van der Waals surface area contributed by atoms with Crippen molar-refractivity contribution in [3.05, 3.63) is 115 Å². The van der Waals surface area contributed by atoms with E-state index in [0.29, 0.717) is 0 Å². The highest BCUT2D eigenvalue weighted by molar-refractivity contribution is 5.38. The number of rotatable bonds is 4. The monoisotopic (exact) mass is 271 g/mol. The lowest BCUT2D eigenvalue weighted by atomic mass is 9.78. The molecule has 3 aromatic carbocycles. The summed E-state index contributed by atoms with van der Waals surface area (Å²) in [6, 6.07) is 31.8. The molecule has 3 rings (SSSR count). The van der Waals surface area contributed by atoms with Gasteiger partial charge >= 0.3 is 0 Å². The van der Waals surface area contributed by atoms with Crippen molar-refractivity contribution in [3.8, 4) is 0 Å². The molecule has 0 aromatic heterocycles. The lowest BCUT2D eigenvalue weighted by Gasteiger charge is -2.25. The van der Waals surface area contributed by atoms with Crippen LogP contribution in [0.1, 0.15) is 28.5 Å². The van der Waals surface area contributed by atoms with Gasteiger partial charge in [0.1, 0.15) is 0 Å². The Labute approximate surface area is 127 Å². The smallest absolute Gasteiger partial charge is 0.0158 e. The Hall–Kier alpha value is -2.34. The lowest BCUT2D eigenvalue weighted by molar-refractivity contribution is 0.712. The summed E-state index contributed by atoms with van der Waals surface area (Å²) in [4.78, 5) is 0. The van der Waals surface area contributed by atoms with E-state index in [9.17, 15) is 0 Å². The Morgan fingerprint density at radius 2 is 0.810 bits per heavy atom. The van der Waals surface area contributed by atoms with Crippen molar-refractivity contribution >= 4 is 0 Å². The van der Waals surface area contributed by atoms with Crippen LogP contribution in [0.15, 0.2) is 91.0 Å². The Kier molecular flexibility index (Phi) is 4.16. The van der Waals surface area contributed by atoms with Crippen LogP contribution >= 0.6 is 0 Å². The molecule has 0 nitrogen and oxygen atoms in total. The van der Waals surface area contributed by atoms with Gasteiger partial charge in [0, 0.05) is 5.92 Å². The van der Waals surface area contributed by atoms with Crippen LogP contribution in [-0.4, -0.2) is 0 Å². The highest BCUT2D eigenvalue weighted by Crippen LogP contribution is 2.37. The van der Waals surface area contributed by atoms with E-state index in [1.54, 1.807) is 0 Å². The summed E-state index contributed by atoms with van der Waals surface area (Å²) in [5, 5.41) is 0. The third-order valence-electron chi connectivity index (χ3n) is 3.95. The first-order valence-electron chi connectivity index (χ1n) is 7.34. The SMILES string of the molecule is [CH2]C(c1ccccc1)C(c1ccccc1)c1ccccc1. The second-order valence-corrected chi connectivity index (χ2v) is 5.32. The van der Waals surface area contributed by atoms with Crippen molar-refractivity contribution in [1.82, 2.24) is 0 Å². The zero-order chi connectivity index (χ0) is 14.5. The molecule has 0 aliphatic rings. The summed E-state index contributed by atoms with van der Waals surface area (Å²) >= 11 is 0. The van der Waals surface area contributed by atoms with Crippen molar-refractivity contribution in [2.24, 2.45) is 0 Å². The van der Waals surface area contributed by atoms with Crippen LogP contribution in [0.25, 0.3) is 0 Å². The zero-order valence-corrected chi connectivity index (χ0v) is 12.0. The van der Waals surface area contributed by atoms with Crippen LogP contribution in [0, 0.1) is 6.92 Å². The summed E-state index contributed by atoms with van der Waals surface area (Å²) < 4.78 is 0. The molecule has 21 heavy (non-hydrogen) atoms. The van der Waals surface area contributed by atoms with Crippen molar-refractivity contribution in [2.45, 2.75) is 11.8 Å². The van der Waals surface area contributed by atoms with Crippen LogP contribution in [0.2, 0.25) is 0 Å². The van der Waals surface area contributed by atoms with Gasteiger partial charge in [-0.15, -0.1) is 0 Å². The second kappa shape index (κ2) is 6.41. The summed E-state index contributed by atoms with van der Waals surface area (Å²) in [5.74, 6) is 0.464. The zero-order valence-electron chi connectivity index (χ0n) is 12.0. The van der Waals surface area contributed by atoms with Crippen molar-refractivity contribution in [1.29, 1.82) is 0 Å². The Morgan fingerprint density at radius 3 is 1.19 bits per heavy atom. The highest BCUT2D eigenvalue weighted by Gasteiger charge is 2.22. The topological polar surface area (TPSA) is 0 Å². The third kappa shape index (κ3) is 3.05. The molecule has 0 N–H and O–H groups in total. The Bertz CT molecular complexity index is 617. The van der Waals surface area contributed by atoms with Crippen LogP contribution in [0.3, 0.4) is 0 Å². The Morgan fingerprint density at radius 1 is 0.476 bits per heavy atom. The van der Waals surface area contributed by atoms with E-state index in [2.05, 4.69) is 97.9 Å². The van der Waals surface area contributed by atoms with Crippen LogP contribution < -0.4 is 0 Å². The molecule has 0 heteroatoms. The average molecular weight is 271 g/mol. The van der Waals surface area contributed by atoms with Gasteiger partial charge in [0.25, 0.3) is 0 Å². The maximum atomic E-state index is 4.46. The predicted octanol–water partition coefficient (Wildman–Crippen LogP) is 5.44. The maximum Gasteiger partial charge on any atom is 0.0158 e. The van der Waals surface area contributed by atoms with Crippen LogP contribution in [-0.2, 0) is 0 Å². The van der Waals surface area contributed by atoms with Crippen molar-refractivity contribution < 1.29 is 0 Å². The van der Waals surface area contributed by atoms with E-state index in [1.165, 1.54) is 16.7 Å². The van der Waals surface area contributed by atoms with E-state index in [1.807, 2.05) is 0 Å². The molecule has 0 spiro atoms. The summed E-state index contributed by atoms with van der Waals surface area (Å²) in [5.41, 5.74) is 3.90. The number of hydrogen-bond acceptors (Lipinski definition) is 0. The molecular formula is C21H19. The van der Waals surface area contributed by atoms with Gasteiger partial charge in [0.2, 0.25) is 0 Å². The van der Waals surface area contributed by atoms with Gasteiger partial charge in [-0.3, -0.25) is 0 Å². The van der Waals surface area contributed by atoms with Gasteiger partial charge in [-0.2, -0.15) is 0 Å². The van der Waals surface area contributed by atoms with Crippen molar-refractivity contribution in [3.63, 3.8) is 0 Å². The molecule has 0 heterocycles. The Balaban J connectivity index is 2.05. The van der Waals surface area contributed by atoms with Gasteiger partial charge in [0.05, 0.1) is 0 Å². The molecule has 0 aliphatic carbocycles. The third-order valence-corrected chi connectivity index (χ3v) is 3.95. The minimum Gasteiger partial charge on any atom is -0.0622 e. The first-order chi connectivity index (χ1) is 10.4. The van der Waals surface area contributed by atoms with Crippen molar-refractivity contribution in [2.75, 3.05) is 0 Å². The minimum atomic E-state index is 0.191. The average Bonchev–Trinajstić information content (AvgIpc) is 2.58. The minimum absolute atomic E-state index is 0.191. The molecular weight excluding hydrogens is 252 g/mol. The van der Waals surface area contributed by atoms with Crippen LogP contribution in [0.5, 0.6) is 0 Å². The summed E-state index contributed by atoms with van der Waals surface area (Å²) in [6.45, 7) is 4.46. The van der Waals surface area contributed by atoms with E-state index in [4.69, 9.17) is 0 Å². The summed E-state index contributed by atoms with van der Waals surface area (Å²) in [7, 11) is 0. The van der Waals surface area contributed by atoms with Gasteiger partial charge in [0.15, 0.2) is 0 Å². The van der Waals surface area contributed by atoms with E-state index >= 15 is 0 Å². The second-order valence-electron chi connectivity index (χ2n) is 5.32. The summed E-state index contributed by atoms with van der Waals surface area (Å²) in [6.07, 6.45) is 0. The molecule has 0 bridgehead atoms. The van der Waals surface area contributed by atoms with Gasteiger partial charge in [-0.05, 0) is 29.5 Å². The molecule has 1 radical (unpaired) electrons. The highest BCUT2D eigenvalue weighted by atomic mass is 14.3. The first kappa shape index (κ1) is 13.6. The fraction of sp³-hybridized carbons (Fsp3) is 0.0952. The van der Waals surface area contributed by atoms with Gasteiger partial charge < -0.3 is 0 Å². The molecule has 103 valence electrons. The first-order valence-corrected chi connectivity index (χ1v) is 7.34. The van der Waals surface area contributed by atoms with E-state index < -0.39 is 0 Å². The molecule has 1 unspecified atom stereocenters. The fourth-order valence-electron chi connectivity index (χ4n) is 2.87. The normalized spacial score (nSPS) is 12.3. The quantitative estimate of drug-likeness (QED) is 0.593. The van der Waals surface area contributed by atoms with E-state index in [-0.39, 0.29) is 11.8 Å². The number of hydrogen-bond donors (Lipinski definition) is 0. The largest absolute Gasteiger partial charge is 0.0622 e.